The van der Waals surface area contributed by atoms with E-state index in [0.29, 0.717) is 10.0 Å². The van der Waals surface area contributed by atoms with Gasteiger partial charge in [-0.1, -0.05) is 29.8 Å². The summed E-state index contributed by atoms with van der Waals surface area (Å²) >= 11 is 7.44. The third kappa shape index (κ3) is 2.93. The predicted molar refractivity (Wildman–Crippen MR) is 86.4 cm³/mol. The Morgan fingerprint density at radius 3 is 2.82 bits per heavy atom. The number of rotatable bonds is 3. The number of carbonyl (C=O) groups excluding carboxylic acids is 1. The fourth-order valence-electron chi connectivity index (χ4n) is 1.80. The number of aromatic nitrogens is 2. The Kier molecular flexibility index (Phi) is 4.04. The number of thiazole rings is 1. The standard InChI is InChI=1S/C15H10ClN3O2S/c16-10-5-2-1-4-9(10)15-18-11(8-22-15)14(21)19-13-12(20)6-3-7-17-13/h1-8,20H,(H,17,19,21). The first-order chi connectivity index (χ1) is 10.6. The van der Waals surface area contributed by atoms with Gasteiger partial charge in [0.05, 0.1) is 5.02 Å². The average Bonchev–Trinajstić information content (AvgIpc) is 3.00. The summed E-state index contributed by atoms with van der Waals surface area (Å²) in [5, 5.41) is 15.0. The second kappa shape index (κ2) is 6.13. The zero-order valence-electron chi connectivity index (χ0n) is 11.2. The SMILES string of the molecule is O=C(Nc1ncccc1O)c1csc(-c2ccccc2Cl)n1. The first-order valence-corrected chi connectivity index (χ1v) is 7.56. The minimum absolute atomic E-state index is 0.0970. The summed E-state index contributed by atoms with van der Waals surface area (Å²) in [4.78, 5) is 20.3. The molecular weight excluding hydrogens is 322 g/mol. The molecule has 2 N–H and O–H groups in total. The second-order valence-corrected chi connectivity index (χ2v) is 5.61. The highest BCUT2D eigenvalue weighted by Gasteiger charge is 2.15. The molecule has 0 saturated heterocycles. The lowest BCUT2D eigenvalue weighted by atomic mass is 10.2. The van der Waals surface area contributed by atoms with Crippen molar-refractivity contribution in [1.29, 1.82) is 0 Å². The average molecular weight is 332 g/mol. The van der Waals surface area contributed by atoms with E-state index >= 15 is 0 Å². The molecule has 5 nitrogen and oxygen atoms in total. The minimum atomic E-state index is -0.441. The number of benzene rings is 1. The smallest absolute Gasteiger partial charge is 0.276 e. The number of amides is 1. The van der Waals surface area contributed by atoms with E-state index in [1.807, 2.05) is 18.2 Å². The van der Waals surface area contributed by atoms with Crippen LogP contribution in [0.1, 0.15) is 10.5 Å². The second-order valence-electron chi connectivity index (χ2n) is 4.34. The van der Waals surface area contributed by atoms with Crippen molar-refractivity contribution in [3.63, 3.8) is 0 Å². The fourth-order valence-corrected chi connectivity index (χ4v) is 2.92. The Labute approximate surface area is 135 Å². The first kappa shape index (κ1) is 14.5. The van der Waals surface area contributed by atoms with E-state index in [1.54, 1.807) is 17.5 Å². The number of pyridine rings is 1. The van der Waals surface area contributed by atoms with Crippen molar-refractivity contribution in [3.8, 4) is 16.3 Å². The third-order valence-electron chi connectivity index (χ3n) is 2.86. The molecule has 0 aliphatic rings. The molecule has 0 radical (unpaired) electrons. The van der Waals surface area contributed by atoms with Crippen LogP contribution < -0.4 is 5.32 Å². The highest BCUT2D eigenvalue weighted by molar-refractivity contribution is 7.13. The Balaban J connectivity index is 1.84. The van der Waals surface area contributed by atoms with Crippen LogP contribution in [-0.4, -0.2) is 21.0 Å². The number of hydrogen-bond donors (Lipinski definition) is 2. The van der Waals surface area contributed by atoms with Crippen molar-refractivity contribution >= 4 is 34.7 Å². The van der Waals surface area contributed by atoms with Crippen LogP contribution in [-0.2, 0) is 0 Å². The maximum absolute atomic E-state index is 12.1. The van der Waals surface area contributed by atoms with E-state index in [2.05, 4.69) is 15.3 Å². The highest BCUT2D eigenvalue weighted by Crippen LogP contribution is 2.30. The number of anilines is 1. The van der Waals surface area contributed by atoms with Crippen molar-refractivity contribution in [2.24, 2.45) is 0 Å². The van der Waals surface area contributed by atoms with E-state index in [0.717, 1.165) is 5.56 Å². The Hall–Kier alpha value is -2.44. The van der Waals surface area contributed by atoms with Crippen LogP contribution in [0.5, 0.6) is 5.75 Å². The molecule has 0 bridgehead atoms. The summed E-state index contributed by atoms with van der Waals surface area (Å²) in [6, 6.07) is 10.3. The van der Waals surface area contributed by atoms with E-state index in [1.165, 1.54) is 23.6 Å². The number of nitrogens with zero attached hydrogens (tertiary/aromatic N) is 2. The van der Waals surface area contributed by atoms with E-state index < -0.39 is 5.91 Å². The monoisotopic (exact) mass is 331 g/mol. The van der Waals surface area contributed by atoms with E-state index in [9.17, 15) is 9.90 Å². The molecular formula is C15H10ClN3O2S. The number of halogens is 1. The van der Waals surface area contributed by atoms with E-state index in [-0.39, 0.29) is 17.3 Å². The number of hydrogen-bond acceptors (Lipinski definition) is 5. The first-order valence-electron chi connectivity index (χ1n) is 6.31. The lowest BCUT2D eigenvalue weighted by Crippen LogP contribution is -2.13. The molecule has 1 aromatic carbocycles. The van der Waals surface area contributed by atoms with Gasteiger partial charge in [-0.15, -0.1) is 11.3 Å². The largest absolute Gasteiger partial charge is 0.504 e. The van der Waals surface area contributed by atoms with Crippen molar-refractivity contribution in [2.45, 2.75) is 0 Å². The number of nitrogens with one attached hydrogen (secondary N) is 1. The van der Waals surface area contributed by atoms with Gasteiger partial charge < -0.3 is 10.4 Å². The van der Waals surface area contributed by atoms with Crippen LogP contribution >= 0.6 is 22.9 Å². The lowest BCUT2D eigenvalue weighted by Gasteiger charge is -2.03. The molecule has 0 unspecified atom stereocenters. The van der Waals surface area contributed by atoms with Gasteiger partial charge in [0.1, 0.15) is 10.7 Å². The van der Waals surface area contributed by atoms with Crippen molar-refractivity contribution in [3.05, 3.63) is 58.7 Å². The van der Waals surface area contributed by atoms with Crippen molar-refractivity contribution in [1.82, 2.24) is 9.97 Å². The van der Waals surface area contributed by atoms with Crippen LogP contribution in [0.15, 0.2) is 48.0 Å². The minimum Gasteiger partial charge on any atom is -0.504 e. The van der Waals surface area contributed by atoms with Gasteiger partial charge in [0.15, 0.2) is 11.6 Å². The maximum Gasteiger partial charge on any atom is 0.276 e. The van der Waals surface area contributed by atoms with Crippen LogP contribution in [0.25, 0.3) is 10.6 Å². The lowest BCUT2D eigenvalue weighted by molar-refractivity contribution is 0.102. The quantitative estimate of drug-likeness (QED) is 0.765. The van der Waals surface area contributed by atoms with Crippen LogP contribution in [0.2, 0.25) is 5.02 Å². The molecule has 0 spiro atoms. The summed E-state index contributed by atoms with van der Waals surface area (Å²) in [5.74, 6) is -0.444. The zero-order valence-corrected chi connectivity index (χ0v) is 12.7. The molecule has 2 heterocycles. The topological polar surface area (TPSA) is 75.1 Å². The van der Waals surface area contributed by atoms with Gasteiger partial charge in [-0.3, -0.25) is 4.79 Å². The van der Waals surface area contributed by atoms with Gasteiger partial charge >= 0.3 is 0 Å². The van der Waals surface area contributed by atoms with Crippen LogP contribution in [0.4, 0.5) is 5.82 Å². The zero-order chi connectivity index (χ0) is 15.5. The fraction of sp³-hybridized carbons (Fsp3) is 0. The molecule has 22 heavy (non-hydrogen) atoms. The number of carbonyl (C=O) groups is 1. The van der Waals surface area contributed by atoms with E-state index in [4.69, 9.17) is 11.6 Å². The predicted octanol–water partition coefficient (Wildman–Crippen LogP) is 3.82. The third-order valence-corrected chi connectivity index (χ3v) is 4.06. The van der Waals surface area contributed by atoms with Gasteiger partial charge in [0, 0.05) is 17.1 Å². The highest BCUT2D eigenvalue weighted by atomic mass is 35.5. The summed E-state index contributed by atoms with van der Waals surface area (Å²) in [5.41, 5.74) is 1.01. The molecule has 0 aliphatic heterocycles. The summed E-state index contributed by atoms with van der Waals surface area (Å²) in [6.45, 7) is 0. The molecule has 0 atom stereocenters. The van der Waals surface area contributed by atoms with Gasteiger partial charge in [0.2, 0.25) is 0 Å². The summed E-state index contributed by atoms with van der Waals surface area (Å²) in [7, 11) is 0. The normalized spacial score (nSPS) is 10.4. The number of aromatic hydroxyl groups is 1. The molecule has 1 amide bonds. The molecule has 0 fully saturated rings. The van der Waals surface area contributed by atoms with Gasteiger partial charge in [0.25, 0.3) is 5.91 Å². The summed E-state index contributed by atoms with van der Waals surface area (Å²) < 4.78 is 0. The molecule has 3 rings (SSSR count). The van der Waals surface area contributed by atoms with Crippen molar-refractivity contribution in [2.75, 3.05) is 5.32 Å². The molecule has 110 valence electrons. The molecule has 2 aromatic heterocycles. The van der Waals surface area contributed by atoms with Crippen LogP contribution in [0, 0.1) is 0 Å². The molecule has 0 saturated carbocycles. The summed E-state index contributed by atoms with van der Waals surface area (Å²) in [6.07, 6.45) is 1.48. The van der Waals surface area contributed by atoms with Crippen LogP contribution in [0.3, 0.4) is 0 Å². The maximum atomic E-state index is 12.1. The molecule has 0 aliphatic carbocycles. The Morgan fingerprint density at radius 1 is 1.23 bits per heavy atom. The van der Waals surface area contributed by atoms with Crippen molar-refractivity contribution < 1.29 is 9.90 Å². The molecule has 3 aromatic rings. The van der Waals surface area contributed by atoms with Gasteiger partial charge in [-0.05, 0) is 18.2 Å². The molecule has 7 heteroatoms. The Bertz CT molecular complexity index is 835. The van der Waals surface area contributed by atoms with Gasteiger partial charge in [-0.25, -0.2) is 9.97 Å². The Morgan fingerprint density at radius 2 is 2.05 bits per heavy atom. The van der Waals surface area contributed by atoms with Gasteiger partial charge in [-0.2, -0.15) is 0 Å².